The van der Waals surface area contributed by atoms with Crippen molar-refractivity contribution < 1.29 is 4.79 Å². The number of hydrogen-bond acceptors (Lipinski definition) is 2. The van der Waals surface area contributed by atoms with Crippen LogP contribution in [0.15, 0.2) is 0 Å². The molecule has 1 atom stereocenters. The van der Waals surface area contributed by atoms with Crippen LogP contribution >= 0.6 is 0 Å². The monoisotopic (exact) mass is 140 g/mol. The third-order valence-electron chi connectivity index (χ3n) is 2.49. The van der Waals surface area contributed by atoms with Crippen LogP contribution in [0.2, 0.25) is 0 Å². The van der Waals surface area contributed by atoms with Gasteiger partial charge in [-0.05, 0) is 24.9 Å². The Morgan fingerprint density at radius 2 is 2.00 bits per heavy atom. The highest BCUT2D eigenvalue weighted by molar-refractivity contribution is 5.78. The normalized spacial score (nSPS) is 33.6. The van der Waals surface area contributed by atoms with E-state index in [0.29, 0.717) is 5.92 Å². The molecule has 0 aromatic rings. The van der Waals surface area contributed by atoms with Gasteiger partial charge >= 0.3 is 0 Å². The Morgan fingerprint density at radius 3 is 2.40 bits per heavy atom. The van der Waals surface area contributed by atoms with E-state index in [9.17, 15) is 4.79 Å². The highest BCUT2D eigenvalue weighted by Crippen LogP contribution is 2.22. The molecule has 0 saturated carbocycles. The molecule has 0 radical (unpaired) electrons. The minimum Gasteiger partial charge on any atom is -0.356 e. The zero-order valence-electron chi connectivity index (χ0n) is 5.89. The van der Waals surface area contributed by atoms with E-state index >= 15 is 0 Å². The third kappa shape index (κ3) is 0.904. The summed E-state index contributed by atoms with van der Waals surface area (Å²) >= 11 is 0. The van der Waals surface area contributed by atoms with Crippen LogP contribution in [0.5, 0.6) is 0 Å². The van der Waals surface area contributed by atoms with Crippen LogP contribution in [0.25, 0.3) is 0 Å². The van der Waals surface area contributed by atoms with Gasteiger partial charge in [-0.25, -0.2) is 0 Å². The van der Waals surface area contributed by atoms with E-state index in [4.69, 9.17) is 0 Å². The first-order valence-electron chi connectivity index (χ1n) is 3.83. The summed E-state index contributed by atoms with van der Waals surface area (Å²) in [4.78, 5) is 10.8. The topological polar surface area (TPSA) is 41.1 Å². The average molecular weight is 140 g/mol. The van der Waals surface area contributed by atoms with Crippen molar-refractivity contribution in [3.05, 3.63) is 0 Å². The summed E-state index contributed by atoms with van der Waals surface area (Å²) in [7, 11) is 0. The van der Waals surface area contributed by atoms with Crippen LogP contribution in [0.3, 0.4) is 0 Å². The van der Waals surface area contributed by atoms with Gasteiger partial charge in [0.15, 0.2) is 0 Å². The molecule has 2 fully saturated rings. The van der Waals surface area contributed by atoms with Gasteiger partial charge in [0.1, 0.15) is 0 Å². The van der Waals surface area contributed by atoms with Gasteiger partial charge in [0.2, 0.25) is 5.91 Å². The molecule has 0 aromatic carbocycles. The number of carbonyl (C=O) groups excluding carboxylic acids is 1. The molecule has 10 heavy (non-hydrogen) atoms. The molecule has 2 saturated heterocycles. The Labute approximate surface area is 60.2 Å². The molecule has 2 N–H and O–H groups in total. The van der Waals surface area contributed by atoms with Gasteiger partial charge in [-0.1, -0.05) is 0 Å². The van der Waals surface area contributed by atoms with Gasteiger partial charge in [0.05, 0.1) is 0 Å². The average Bonchev–Trinajstić information content (AvgIpc) is 2.10. The molecule has 2 aliphatic heterocycles. The van der Waals surface area contributed by atoms with Crippen LogP contribution in [-0.2, 0) is 4.79 Å². The van der Waals surface area contributed by atoms with E-state index in [0.717, 1.165) is 32.0 Å². The first-order chi connectivity index (χ1) is 4.86. The zero-order valence-corrected chi connectivity index (χ0v) is 5.89. The van der Waals surface area contributed by atoms with E-state index in [2.05, 4.69) is 10.6 Å². The molecule has 0 bridgehead atoms. The summed E-state index contributed by atoms with van der Waals surface area (Å²) in [5.74, 6) is 1.62. The second kappa shape index (κ2) is 2.23. The fourth-order valence-corrected chi connectivity index (χ4v) is 1.61. The molecule has 2 aliphatic rings. The predicted octanol–water partition coefficient (Wildman–Crippen LogP) is -0.658. The fourth-order valence-electron chi connectivity index (χ4n) is 1.61. The SMILES string of the molecule is O=C1CC(C2CNC2)CN1. The Hall–Kier alpha value is -0.570. The molecule has 56 valence electrons. The number of hydrogen-bond donors (Lipinski definition) is 2. The van der Waals surface area contributed by atoms with Gasteiger partial charge < -0.3 is 10.6 Å². The van der Waals surface area contributed by atoms with E-state index < -0.39 is 0 Å². The molecular weight excluding hydrogens is 128 g/mol. The lowest BCUT2D eigenvalue weighted by Crippen LogP contribution is -2.46. The van der Waals surface area contributed by atoms with Crippen molar-refractivity contribution in [2.75, 3.05) is 19.6 Å². The number of nitrogens with one attached hydrogen (secondary N) is 2. The van der Waals surface area contributed by atoms with Crippen molar-refractivity contribution in [2.45, 2.75) is 6.42 Å². The van der Waals surface area contributed by atoms with E-state index in [1.54, 1.807) is 0 Å². The third-order valence-corrected chi connectivity index (χ3v) is 2.49. The quantitative estimate of drug-likeness (QED) is 0.508. The maximum atomic E-state index is 10.8. The van der Waals surface area contributed by atoms with Crippen molar-refractivity contribution in [2.24, 2.45) is 11.8 Å². The molecule has 1 unspecified atom stereocenters. The Kier molecular flexibility index (Phi) is 1.38. The largest absolute Gasteiger partial charge is 0.356 e. The molecule has 2 heterocycles. The van der Waals surface area contributed by atoms with Crippen LogP contribution in [-0.4, -0.2) is 25.5 Å². The molecular formula is C7H12N2O. The Bertz CT molecular complexity index is 154. The Morgan fingerprint density at radius 1 is 1.20 bits per heavy atom. The van der Waals surface area contributed by atoms with E-state index in [-0.39, 0.29) is 5.91 Å². The minimum absolute atomic E-state index is 0.233. The Balaban J connectivity index is 1.88. The first-order valence-corrected chi connectivity index (χ1v) is 3.83. The molecule has 0 spiro atoms. The van der Waals surface area contributed by atoms with Gasteiger partial charge in [-0.3, -0.25) is 4.79 Å². The van der Waals surface area contributed by atoms with Crippen LogP contribution in [0.4, 0.5) is 0 Å². The number of amides is 1. The highest BCUT2D eigenvalue weighted by atomic mass is 16.1. The van der Waals surface area contributed by atoms with Crippen LogP contribution < -0.4 is 10.6 Å². The van der Waals surface area contributed by atoms with Crippen molar-refractivity contribution in [3.8, 4) is 0 Å². The molecule has 3 heteroatoms. The van der Waals surface area contributed by atoms with Crippen LogP contribution in [0.1, 0.15) is 6.42 Å². The summed E-state index contributed by atoms with van der Waals surface area (Å²) in [6.07, 6.45) is 0.756. The second-order valence-corrected chi connectivity index (χ2v) is 3.19. The lowest BCUT2D eigenvalue weighted by atomic mass is 9.87. The second-order valence-electron chi connectivity index (χ2n) is 3.19. The van der Waals surface area contributed by atoms with Crippen molar-refractivity contribution >= 4 is 5.91 Å². The summed E-state index contributed by atoms with van der Waals surface area (Å²) in [5, 5.41) is 6.07. The summed E-state index contributed by atoms with van der Waals surface area (Å²) in [6, 6.07) is 0. The lowest BCUT2D eigenvalue weighted by molar-refractivity contribution is -0.119. The molecule has 0 aliphatic carbocycles. The van der Waals surface area contributed by atoms with Gasteiger partial charge in [0.25, 0.3) is 0 Å². The summed E-state index contributed by atoms with van der Waals surface area (Å²) in [5.41, 5.74) is 0. The van der Waals surface area contributed by atoms with Crippen molar-refractivity contribution in [3.63, 3.8) is 0 Å². The highest BCUT2D eigenvalue weighted by Gasteiger charge is 2.32. The van der Waals surface area contributed by atoms with Crippen LogP contribution in [0, 0.1) is 11.8 Å². The van der Waals surface area contributed by atoms with E-state index in [1.165, 1.54) is 0 Å². The smallest absolute Gasteiger partial charge is 0.220 e. The maximum Gasteiger partial charge on any atom is 0.220 e. The lowest BCUT2D eigenvalue weighted by Gasteiger charge is -2.31. The molecule has 3 nitrogen and oxygen atoms in total. The number of carbonyl (C=O) groups is 1. The number of rotatable bonds is 1. The first kappa shape index (κ1) is 6.16. The molecule has 2 rings (SSSR count). The molecule has 1 amide bonds. The minimum atomic E-state index is 0.233. The fraction of sp³-hybridized carbons (Fsp3) is 0.857. The van der Waals surface area contributed by atoms with Gasteiger partial charge in [0, 0.05) is 13.0 Å². The zero-order chi connectivity index (χ0) is 6.97. The summed E-state index contributed by atoms with van der Waals surface area (Å²) < 4.78 is 0. The molecule has 0 aromatic heterocycles. The summed E-state index contributed by atoms with van der Waals surface area (Å²) in [6.45, 7) is 3.13. The van der Waals surface area contributed by atoms with Gasteiger partial charge in [-0.15, -0.1) is 0 Å². The van der Waals surface area contributed by atoms with Gasteiger partial charge in [-0.2, -0.15) is 0 Å². The van der Waals surface area contributed by atoms with Crippen molar-refractivity contribution in [1.29, 1.82) is 0 Å². The van der Waals surface area contributed by atoms with Crippen molar-refractivity contribution in [1.82, 2.24) is 10.6 Å². The standard InChI is InChI=1S/C7H12N2O/c10-7-1-5(4-9-7)6-2-8-3-6/h5-6,8H,1-4H2,(H,9,10). The van der Waals surface area contributed by atoms with E-state index in [1.807, 2.05) is 0 Å². The maximum absolute atomic E-state index is 10.8. The predicted molar refractivity (Wildman–Crippen MR) is 37.5 cm³/mol.